The van der Waals surface area contributed by atoms with Gasteiger partial charge in [0.1, 0.15) is 18.5 Å². The molecular weight excluding hydrogens is 512 g/mol. The molecule has 3 aromatic rings. The third-order valence-electron chi connectivity index (χ3n) is 7.46. The lowest BCUT2D eigenvalue weighted by atomic mass is 10.1. The van der Waals surface area contributed by atoms with Gasteiger partial charge in [-0.1, -0.05) is 35.0 Å². The number of amides is 2. The molecule has 0 saturated carbocycles. The Morgan fingerprint density at radius 1 is 1.10 bits per heavy atom. The third kappa shape index (κ3) is 7.29. The minimum atomic E-state index is -0.918. The predicted molar refractivity (Wildman–Crippen MR) is 150 cm³/mol. The van der Waals surface area contributed by atoms with Crippen molar-refractivity contribution in [2.75, 3.05) is 63.9 Å². The van der Waals surface area contributed by atoms with Crippen molar-refractivity contribution in [3.05, 3.63) is 59.7 Å². The Morgan fingerprint density at radius 2 is 1.85 bits per heavy atom. The molecule has 2 aliphatic heterocycles. The number of piperazine rings is 1. The summed E-state index contributed by atoms with van der Waals surface area (Å²) in [5.74, 6) is 1.51. The van der Waals surface area contributed by atoms with Crippen LogP contribution in [0, 0.1) is 12.8 Å². The second kappa shape index (κ2) is 13.1. The molecule has 40 heavy (non-hydrogen) atoms. The average Bonchev–Trinajstić information content (AvgIpc) is 3.66. The lowest BCUT2D eigenvalue weighted by molar-refractivity contribution is 0.0536. The van der Waals surface area contributed by atoms with E-state index in [0.717, 1.165) is 31.6 Å². The molecule has 3 heterocycles. The molecule has 11 heteroatoms. The van der Waals surface area contributed by atoms with Crippen LogP contribution in [0.2, 0.25) is 0 Å². The van der Waals surface area contributed by atoms with Gasteiger partial charge in [-0.2, -0.15) is 4.98 Å². The number of nitrogens with zero attached hydrogens (tertiary/aromatic N) is 5. The van der Waals surface area contributed by atoms with Gasteiger partial charge in [0.2, 0.25) is 5.82 Å². The monoisotopic (exact) mass is 550 g/mol. The number of hydrogen-bond acceptors (Lipinski definition) is 9. The van der Waals surface area contributed by atoms with Crippen LogP contribution in [0.15, 0.2) is 53.1 Å². The van der Waals surface area contributed by atoms with Gasteiger partial charge in [-0.15, -0.1) is 0 Å². The molecule has 2 aliphatic rings. The second-order valence-electron chi connectivity index (χ2n) is 10.6. The van der Waals surface area contributed by atoms with E-state index < -0.39 is 6.10 Å². The maximum atomic E-state index is 12.8. The van der Waals surface area contributed by atoms with Crippen LogP contribution in [0.3, 0.4) is 0 Å². The number of carbonyl (C=O) groups is 1. The summed E-state index contributed by atoms with van der Waals surface area (Å²) in [5, 5.41) is 25.6. The third-order valence-corrected chi connectivity index (χ3v) is 7.46. The fraction of sp³-hybridized carbons (Fsp3) is 0.483. The van der Waals surface area contributed by atoms with Gasteiger partial charge in [0.25, 0.3) is 0 Å². The van der Waals surface area contributed by atoms with E-state index in [1.54, 1.807) is 12.1 Å². The van der Waals surface area contributed by atoms with Gasteiger partial charge in [0.05, 0.1) is 6.61 Å². The fourth-order valence-electron chi connectivity index (χ4n) is 5.03. The van der Waals surface area contributed by atoms with Crippen LogP contribution < -0.4 is 15.0 Å². The molecular formula is C29H38N6O5. The van der Waals surface area contributed by atoms with E-state index in [2.05, 4.69) is 51.5 Å². The van der Waals surface area contributed by atoms with E-state index in [-0.39, 0.29) is 19.2 Å². The maximum absolute atomic E-state index is 12.8. The zero-order valence-electron chi connectivity index (χ0n) is 22.9. The number of ether oxygens (including phenoxy) is 1. The summed E-state index contributed by atoms with van der Waals surface area (Å²) in [7, 11) is 0. The first-order valence-electron chi connectivity index (χ1n) is 13.9. The lowest BCUT2D eigenvalue weighted by Crippen LogP contribution is -2.52. The number of benzene rings is 2. The van der Waals surface area contributed by atoms with Gasteiger partial charge in [0.15, 0.2) is 0 Å². The van der Waals surface area contributed by atoms with E-state index in [1.807, 2.05) is 21.9 Å². The quantitative estimate of drug-likeness (QED) is 0.348. The molecule has 2 amide bonds. The number of nitrogens with one attached hydrogen (secondary N) is 1. The summed E-state index contributed by atoms with van der Waals surface area (Å²) in [6, 6.07) is 16.2. The summed E-state index contributed by atoms with van der Waals surface area (Å²) in [6.07, 6.45) is 0.182. The molecule has 214 valence electrons. The summed E-state index contributed by atoms with van der Waals surface area (Å²) in [6.45, 7) is 7.88. The number of aromatic nitrogens is 2. The number of likely N-dealkylation sites (tertiary alicyclic amines) is 1. The van der Waals surface area contributed by atoms with E-state index in [9.17, 15) is 9.90 Å². The van der Waals surface area contributed by atoms with Crippen LogP contribution in [0.5, 0.6) is 5.75 Å². The molecule has 11 nitrogen and oxygen atoms in total. The number of hydrogen-bond donors (Lipinski definition) is 3. The number of aliphatic hydroxyl groups is 2. The van der Waals surface area contributed by atoms with Crippen molar-refractivity contribution in [1.82, 2.24) is 25.3 Å². The predicted octanol–water partition coefficient (Wildman–Crippen LogP) is 2.13. The zero-order chi connectivity index (χ0) is 27.9. The van der Waals surface area contributed by atoms with Crippen LogP contribution in [0.1, 0.15) is 17.5 Å². The number of aryl methyl sites for hydroxylation is 1. The van der Waals surface area contributed by atoms with Crippen LogP contribution in [0.25, 0.3) is 11.4 Å². The molecule has 1 aromatic heterocycles. The smallest absolute Gasteiger partial charge is 0.324 e. The van der Waals surface area contributed by atoms with Crippen LogP contribution in [-0.2, 0) is 6.54 Å². The topological polar surface area (TPSA) is 127 Å². The number of rotatable bonds is 10. The van der Waals surface area contributed by atoms with Crippen LogP contribution in [0.4, 0.5) is 10.8 Å². The Kier molecular flexibility index (Phi) is 9.15. The summed E-state index contributed by atoms with van der Waals surface area (Å²) >= 11 is 0. The van der Waals surface area contributed by atoms with E-state index in [0.29, 0.717) is 56.2 Å². The Labute approximate surface area is 234 Å². The van der Waals surface area contributed by atoms with Crippen molar-refractivity contribution in [3.8, 4) is 17.1 Å². The van der Waals surface area contributed by atoms with Crippen LogP contribution in [-0.4, -0.2) is 101 Å². The molecule has 2 aromatic carbocycles. The van der Waals surface area contributed by atoms with Crippen molar-refractivity contribution in [1.29, 1.82) is 0 Å². The Bertz CT molecular complexity index is 1230. The van der Waals surface area contributed by atoms with Crippen molar-refractivity contribution in [3.63, 3.8) is 0 Å². The molecule has 2 atom stereocenters. The molecule has 2 saturated heterocycles. The Balaban J connectivity index is 1.03. The van der Waals surface area contributed by atoms with E-state index in [1.165, 1.54) is 11.1 Å². The Hall–Kier alpha value is -3.67. The highest BCUT2D eigenvalue weighted by Gasteiger charge is 2.27. The van der Waals surface area contributed by atoms with Crippen molar-refractivity contribution >= 4 is 12.0 Å². The minimum absolute atomic E-state index is 0.0138. The van der Waals surface area contributed by atoms with Crippen molar-refractivity contribution in [2.24, 2.45) is 5.92 Å². The average molecular weight is 551 g/mol. The molecule has 0 bridgehead atoms. The number of carbonyl (C=O) groups excluding carboxylic acids is 1. The first-order chi connectivity index (χ1) is 19.5. The molecule has 2 unspecified atom stereocenters. The van der Waals surface area contributed by atoms with Crippen molar-refractivity contribution < 1.29 is 24.3 Å². The lowest BCUT2D eigenvalue weighted by Gasteiger charge is -2.33. The van der Waals surface area contributed by atoms with Gasteiger partial charge in [-0.05, 0) is 55.6 Å². The summed E-state index contributed by atoms with van der Waals surface area (Å²) in [4.78, 5) is 23.7. The van der Waals surface area contributed by atoms with Gasteiger partial charge in [0, 0.05) is 51.4 Å². The molecule has 0 spiro atoms. The minimum Gasteiger partial charge on any atom is -0.491 e. The highest BCUT2D eigenvalue weighted by Crippen LogP contribution is 2.24. The summed E-state index contributed by atoms with van der Waals surface area (Å²) < 4.78 is 10.9. The van der Waals surface area contributed by atoms with E-state index in [4.69, 9.17) is 14.4 Å². The van der Waals surface area contributed by atoms with Crippen molar-refractivity contribution in [2.45, 2.75) is 26.0 Å². The number of anilines is 1. The number of urea groups is 1. The zero-order valence-corrected chi connectivity index (χ0v) is 22.9. The standard InChI is InChI=1S/C29H38N6O5/c1-21-2-4-22(5-3-21)17-33-11-10-23(18-33)16-30-28(38)34-12-14-35(15-13-34)29-31-27(32-40-29)24-6-8-26(9-7-24)39-20-25(37)19-36/h2-9,23,25,36-37H,10-20H2,1H3,(H,30,38). The first kappa shape index (κ1) is 27.9. The highest BCUT2D eigenvalue weighted by atomic mass is 16.5. The van der Waals surface area contributed by atoms with Gasteiger partial charge < -0.3 is 34.6 Å². The molecule has 0 aliphatic carbocycles. The maximum Gasteiger partial charge on any atom is 0.324 e. The highest BCUT2D eigenvalue weighted by molar-refractivity contribution is 5.74. The van der Waals surface area contributed by atoms with Gasteiger partial charge in [-0.3, -0.25) is 4.90 Å². The molecule has 5 rings (SSSR count). The normalized spacial score (nSPS) is 18.6. The second-order valence-corrected chi connectivity index (χ2v) is 10.6. The van der Waals surface area contributed by atoms with Crippen LogP contribution >= 0.6 is 0 Å². The van der Waals surface area contributed by atoms with Gasteiger partial charge in [-0.25, -0.2) is 4.79 Å². The molecule has 2 fully saturated rings. The molecule has 3 N–H and O–H groups in total. The SMILES string of the molecule is Cc1ccc(CN2CCC(CNC(=O)N3CCN(c4nc(-c5ccc(OCC(O)CO)cc5)no4)CC3)C2)cc1. The number of aliphatic hydroxyl groups excluding tert-OH is 2. The Morgan fingerprint density at radius 3 is 2.58 bits per heavy atom. The van der Waals surface area contributed by atoms with Gasteiger partial charge >= 0.3 is 12.0 Å². The molecule has 0 radical (unpaired) electrons. The fourth-order valence-corrected chi connectivity index (χ4v) is 5.03. The largest absolute Gasteiger partial charge is 0.491 e. The van der Waals surface area contributed by atoms with E-state index >= 15 is 0 Å². The summed E-state index contributed by atoms with van der Waals surface area (Å²) in [5.41, 5.74) is 3.38. The first-order valence-corrected chi connectivity index (χ1v) is 13.9.